The van der Waals surface area contributed by atoms with E-state index in [1.54, 1.807) is 64.9 Å². The third-order valence-electron chi connectivity index (χ3n) is 5.36. The minimum absolute atomic E-state index is 0.258. The van der Waals surface area contributed by atoms with Crippen molar-refractivity contribution in [3.63, 3.8) is 0 Å². The Morgan fingerprint density at radius 1 is 1.06 bits per heavy atom. The number of hydrogen-bond donors (Lipinski definition) is 2. The number of methoxy groups -OCH3 is 1. The zero-order chi connectivity index (χ0) is 25.7. The second-order valence-corrected chi connectivity index (χ2v) is 9.31. The summed E-state index contributed by atoms with van der Waals surface area (Å²) in [5.74, 6) is 0.655. The number of pyridine rings is 1. The molecule has 36 heavy (non-hydrogen) atoms. The molecule has 2 amide bonds. The first-order chi connectivity index (χ1) is 17.2. The summed E-state index contributed by atoms with van der Waals surface area (Å²) in [5, 5.41) is 7.57. The third-order valence-corrected chi connectivity index (χ3v) is 5.36. The molecule has 0 bridgehead atoms. The fourth-order valence-electron chi connectivity index (χ4n) is 3.63. The molecule has 2 aromatic heterocycles. The number of imidazole rings is 1. The van der Waals surface area contributed by atoms with E-state index in [4.69, 9.17) is 9.47 Å². The number of carbonyl (C=O) groups is 2. The number of hydrogen-bond acceptors (Lipinski definition) is 6. The van der Waals surface area contributed by atoms with Gasteiger partial charge in [-0.25, -0.2) is 9.78 Å². The largest absolute Gasteiger partial charge is 0.497 e. The molecule has 0 spiro atoms. The van der Waals surface area contributed by atoms with Crippen LogP contribution in [0, 0.1) is 0 Å². The number of amides is 2. The third kappa shape index (κ3) is 6.38. The van der Waals surface area contributed by atoms with Gasteiger partial charge in [-0.05, 0) is 62.1 Å². The first-order valence-corrected chi connectivity index (χ1v) is 11.5. The predicted octanol–water partition coefficient (Wildman–Crippen LogP) is 4.50. The summed E-state index contributed by atoms with van der Waals surface area (Å²) in [6.07, 6.45) is 6.48. The zero-order valence-electron chi connectivity index (χ0n) is 20.7. The molecule has 1 atom stereocenters. The van der Waals surface area contributed by atoms with E-state index in [-0.39, 0.29) is 6.42 Å². The normalized spacial score (nSPS) is 12.1. The Bertz CT molecular complexity index is 1360. The van der Waals surface area contributed by atoms with Crippen LogP contribution in [0.5, 0.6) is 5.75 Å². The van der Waals surface area contributed by atoms with Crippen LogP contribution in [0.1, 0.15) is 26.3 Å². The van der Waals surface area contributed by atoms with E-state index in [1.807, 2.05) is 41.0 Å². The van der Waals surface area contributed by atoms with Gasteiger partial charge in [0.1, 0.15) is 23.7 Å². The van der Waals surface area contributed by atoms with Gasteiger partial charge in [-0.3, -0.25) is 9.78 Å². The van der Waals surface area contributed by atoms with Crippen molar-refractivity contribution >= 4 is 28.6 Å². The van der Waals surface area contributed by atoms with Crippen molar-refractivity contribution in [1.82, 2.24) is 19.9 Å². The molecule has 0 aliphatic heterocycles. The smallest absolute Gasteiger partial charge is 0.408 e. The molecular weight excluding hydrogens is 458 g/mol. The van der Waals surface area contributed by atoms with Crippen LogP contribution in [-0.2, 0) is 16.0 Å². The summed E-state index contributed by atoms with van der Waals surface area (Å²) in [5.41, 5.74) is 1.05. The van der Waals surface area contributed by atoms with E-state index in [1.165, 1.54) is 0 Å². The van der Waals surface area contributed by atoms with E-state index in [9.17, 15) is 9.59 Å². The van der Waals surface area contributed by atoms with Gasteiger partial charge in [0.25, 0.3) is 0 Å². The lowest BCUT2D eigenvalue weighted by atomic mass is 10.1. The van der Waals surface area contributed by atoms with Gasteiger partial charge in [0, 0.05) is 29.9 Å². The van der Waals surface area contributed by atoms with Crippen LogP contribution in [0.2, 0.25) is 0 Å². The summed E-state index contributed by atoms with van der Waals surface area (Å²) in [7, 11) is 1.59. The van der Waals surface area contributed by atoms with E-state index >= 15 is 0 Å². The summed E-state index contributed by atoms with van der Waals surface area (Å²) in [6.45, 7) is 5.29. The highest BCUT2D eigenvalue weighted by atomic mass is 16.6. The summed E-state index contributed by atoms with van der Waals surface area (Å²) in [6, 6.07) is 14.3. The van der Waals surface area contributed by atoms with E-state index in [0.29, 0.717) is 11.6 Å². The highest BCUT2D eigenvalue weighted by Gasteiger charge is 2.25. The van der Waals surface area contributed by atoms with E-state index < -0.39 is 23.6 Å². The van der Waals surface area contributed by atoms with Crippen LogP contribution >= 0.6 is 0 Å². The first-order valence-electron chi connectivity index (χ1n) is 11.5. The van der Waals surface area contributed by atoms with Gasteiger partial charge < -0.3 is 24.7 Å². The van der Waals surface area contributed by atoms with Gasteiger partial charge in [0.05, 0.1) is 13.3 Å². The average Bonchev–Trinajstić information content (AvgIpc) is 3.31. The van der Waals surface area contributed by atoms with Crippen LogP contribution < -0.4 is 15.4 Å². The van der Waals surface area contributed by atoms with Crippen LogP contribution in [-0.4, -0.2) is 45.3 Å². The Hall–Kier alpha value is -4.40. The number of benzene rings is 2. The lowest BCUT2D eigenvalue weighted by Gasteiger charge is -2.23. The number of carbonyl (C=O) groups excluding carboxylic acids is 2. The highest BCUT2D eigenvalue weighted by molar-refractivity contribution is 5.96. The van der Waals surface area contributed by atoms with Crippen LogP contribution in [0.4, 0.5) is 10.6 Å². The molecule has 2 heterocycles. The lowest BCUT2D eigenvalue weighted by molar-refractivity contribution is -0.118. The SMILES string of the molecule is COc1ccc(C[C@H](NC(=O)OC(C)(C)C)C(=O)Nc2cn(-c3ccc4cnccc4c3)cn2)cc1. The topological polar surface area (TPSA) is 107 Å². The van der Waals surface area contributed by atoms with Crippen LogP contribution in [0.25, 0.3) is 16.5 Å². The molecule has 0 aliphatic rings. The Morgan fingerprint density at radius 2 is 1.83 bits per heavy atom. The fourth-order valence-corrected chi connectivity index (χ4v) is 3.63. The molecule has 2 aromatic carbocycles. The van der Waals surface area contributed by atoms with E-state index in [2.05, 4.69) is 20.6 Å². The predicted molar refractivity (Wildman–Crippen MR) is 137 cm³/mol. The molecule has 4 aromatic rings. The van der Waals surface area contributed by atoms with Gasteiger partial charge >= 0.3 is 6.09 Å². The van der Waals surface area contributed by atoms with Gasteiger partial charge in [-0.1, -0.05) is 18.2 Å². The fraction of sp³-hybridized carbons (Fsp3) is 0.259. The van der Waals surface area contributed by atoms with Crippen molar-refractivity contribution < 1.29 is 19.1 Å². The van der Waals surface area contributed by atoms with Gasteiger partial charge in [-0.2, -0.15) is 0 Å². The van der Waals surface area contributed by atoms with Crippen LogP contribution in [0.15, 0.2) is 73.4 Å². The minimum Gasteiger partial charge on any atom is -0.497 e. The maximum Gasteiger partial charge on any atom is 0.408 e. The number of anilines is 1. The maximum atomic E-state index is 13.2. The first kappa shape index (κ1) is 24.7. The number of nitrogens with one attached hydrogen (secondary N) is 2. The minimum atomic E-state index is -0.883. The van der Waals surface area contributed by atoms with Crippen molar-refractivity contribution in [2.75, 3.05) is 12.4 Å². The van der Waals surface area contributed by atoms with Gasteiger partial charge in [-0.15, -0.1) is 0 Å². The Balaban J connectivity index is 1.50. The molecule has 2 N–H and O–H groups in total. The highest BCUT2D eigenvalue weighted by Crippen LogP contribution is 2.19. The lowest BCUT2D eigenvalue weighted by Crippen LogP contribution is -2.47. The molecule has 186 valence electrons. The number of alkyl carbamates (subject to hydrolysis) is 1. The number of fused-ring (bicyclic) bond motifs is 1. The van der Waals surface area contributed by atoms with Crippen molar-refractivity contribution in [2.45, 2.75) is 38.8 Å². The summed E-state index contributed by atoms with van der Waals surface area (Å²) >= 11 is 0. The van der Waals surface area contributed by atoms with Crippen molar-refractivity contribution in [3.8, 4) is 11.4 Å². The van der Waals surface area contributed by atoms with Crippen molar-refractivity contribution in [3.05, 3.63) is 79.0 Å². The molecule has 9 heteroatoms. The molecule has 0 fully saturated rings. The van der Waals surface area contributed by atoms with Gasteiger partial charge in [0.15, 0.2) is 5.82 Å². The van der Waals surface area contributed by atoms with Crippen molar-refractivity contribution in [1.29, 1.82) is 0 Å². The second-order valence-electron chi connectivity index (χ2n) is 9.31. The van der Waals surface area contributed by atoms with Crippen LogP contribution in [0.3, 0.4) is 0 Å². The monoisotopic (exact) mass is 487 g/mol. The summed E-state index contributed by atoms with van der Waals surface area (Å²) < 4.78 is 12.4. The molecule has 0 unspecified atom stereocenters. The average molecular weight is 488 g/mol. The van der Waals surface area contributed by atoms with Crippen molar-refractivity contribution in [2.24, 2.45) is 0 Å². The molecule has 0 saturated heterocycles. The second kappa shape index (κ2) is 10.5. The molecule has 0 aliphatic carbocycles. The molecule has 0 saturated carbocycles. The quantitative estimate of drug-likeness (QED) is 0.397. The number of nitrogens with zero attached hydrogens (tertiary/aromatic N) is 3. The molecule has 9 nitrogen and oxygen atoms in total. The maximum absolute atomic E-state index is 13.2. The molecule has 0 radical (unpaired) electrons. The molecular formula is C27H29N5O4. The zero-order valence-corrected chi connectivity index (χ0v) is 20.7. The summed E-state index contributed by atoms with van der Waals surface area (Å²) in [4.78, 5) is 34.1. The Labute approximate surface area is 209 Å². The number of rotatable bonds is 7. The standard InChI is InChI=1S/C27H29N5O4/c1-27(2,3)36-26(34)30-23(13-18-5-9-22(35-4)10-6-18)25(33)31-24-16-32(17-29-24)21-8-7-20-15-28-12-11-19(20)14-21/h5-12,14-17,23H,13H2,1-4H3,(H,30,34)(H,31,33)/t23-/m0/s1. The van der Waals surface area contributed by atoms with Gasteiger partial charge in [0.2, 0.25) is 5.91 Å². The Kier molecular flexibility index (Phi) is 7.19. The van der Waals surface area contributed by atoms with E-state index in [0.717, 1.165) is 22.0 Å². The molecule has 4 rings (SSSR count). The Morgan fingerprint density at radius 3 is 2.56 bits per heavy atom. The number of aromatic nitrogens is 3. The number of ether oxygens (including phenoxy) is 2.